The number of rotatable bonds is 2. The highest BCUT2D eigenvalue weighted by molar-refractivity contribution is 5.92. The van der Waals surface area contributed by atoms with Crippen LogP contribution in [0.25, 0.3) is 0 Å². The Morgan fingerprint density at radius 3 is 2.76 bits per heavy atom. The highest BCUT2D eigenvalue weighted by Crippen LogP contribution is 2.30. The molecule has 3 N–H and O–H groups in total. The molecule has 5 nitrogen and oxygen atoms in total. The van der Waals surface area contributed by atoms with Crippen LogP contribution < -0.4 is 11.1 Å². The smallest absolute Gasteiger partial charge is 0.321 e. The van der Waals surface area contributed by atoms with Crippen LogP contribution in [0.5, 0.6) is 0 Å². The van der Waals surface area contributed by atoms with Crippen molar-refractivity contribution in [3.63, 3.8) is 0 Å². The number of urea groups is 1. The Hall–Kier alpha value is -2.27. The Kier molecular flexibility index (Phi) is 3.22. The van der Waals surface area contributed by atoms with Crippen LogP contribution in [-0.2, 0) is 6.54 Å². The highest BCUT2D eigenvalue weighted by atomic mass is 16.3. The quantitative estimate of drug-likeness (QED) is 0.891. The van der Waals surface area contributed by atoms with E-state index in [-0.39, 0.29) is 12.1 Å². The minimum atomic E-state index is -0.226. The maximum atomic E-state index is 11.6. The minimum Gasteiger partial charge on any atom is -0.466 e. The number of aryl methyl sites for hydroxylation is 2. The van der Waals surface area contributed by atoms with Crippen LogP contribution >= 0.6 is 0 Å². The van der Waals surface area contributed by atoms with Crippen LogP contribution in [0.3, 0.4) is 0 Å². The lowest BCUT2D eigenvalue weighted by Crippen LogP contribution is -2.35. The number of carbonyl (C=O) groups excluding carboxylic acids is 1. The number of hydrogen-bond donors (Lipinski definition) is 2. The van der Waals surface area contributed by atoms with Crippen molar-refractivity contribution in [1.82, 2.24) is 4.90 Å². The molecule has 0 fully saturated rings. The molecule has 1 aromatic carbocycles. The third-order valence-corrected chi connectivity index (χ3v) is 3.90. The summed E-state index contributed by atoms with van der Waals surface area (Å²) in [4.78, 5) is 13.3. The van der Waals surface area contributed by atoms with Crippen molar-refractivity contribution in [2.45, 2.75) is 26.4 Å². The largest absolute Gasteiger partial charge is 0.466 e. The summed E-state index contributed by atoms with van der Waals surface area (Å²) < 4.78 is 5.56. The fourth-order valence-corrected chi connectivity index (χ4v) is 2.74. The predicted octanol–water partition coefficient (Wildman–Crippen LogP) is 2.92. The monoisotopic (exact) mass is 285 g/mol. The molecule has 110 valence electrons. The number of hydrogen-bond acceptors (Lipinski definition) is 3. The van der Waals surface area contributed by atoms with Gasteiger partial charge < -0.3 is 20.4 Å². The molecule has 0 bridgehead atoms. The number of nitrogens with one attached hydrogen (secondary N) is 1. The van der Waals surface area contributed by atoms with E-state index >= 15 is 0 Å². The molecule has 5 heteroatoms. The molecule has 2 aromatic rings. The van der Waals surface area contributed by atoms with Gasteiger partial charge in [-0.1, -0.05) is 12.1 Å². The van der Waals surface area contributed by atoms with Gasteiger partial charge in [0.05, 0.1) is 6.04 Å². The lowest BCUT2D eigenvalue weighted by Gasteiger charge is -2.27. The normalized spacial score (nSPS) is 15.6. The van der Waals surface area contributed by atoms with Crippen molar-refractivity contribution in [1.29, 1.82) is 0 Å². The second-order valence-electron chi connectivity index (χ2n) is 5.55. The van der Waals surface area contributed by atoms with Gasteiger partial charge in [0, 0.05) is 24.8 Å². The second-order valence-corrected chi connectivity index (χ2v) is 5.55. The minimum absolute atomic E-state index is 0.0825. The fraction of sp³-hybridized carbons (Fsp3) is 0.312. The Balaban J connectivity index is 1.95. The van der Waals surface area contributed by atoms with E-state index in [1.807, 2.05) is 32.0 Å². The van der Waals surface area contributed by atoms with Crippen LogP contribution in [0.4, 0.5) is 10.5 Å². The number of carbonyl (C=O) groups is 1. The number of nitrogens with zero attached hydrogens (tertiary/aromatic N) is 1. The van der Waals surface area contributed by atoms with Gasteiger partial charge in [0.1, 0.15) is 11.5 Å². The van der Waals surface area contributed by atoms with Crippen LogP contribution in [0.1, 0.15) is 34.3 Å². The van der Waals surface area contributed by atoms with Crippen molar-refractivity contribution >= 4 is 11.7 Å². The molecule has 2 heterocycles. The number of fused-ring (bicyclic) bond motifs is 1. The van der Waals surface area contributed by atoms with Gasteiger partial charge in [-0.3, -0.25) is 0 Å². The summed E-state index contributed by atoms with van der Waals surface area (Å²) in [7, 11) is 1.77. The van der Waals surface area contributed by atoms with Crippen LogP contribution in [0.2, 0.25) is 0 Å². The molecule has 2 amide bonds. The van der Waals surface area contributed by atoms with Crippen molar-refractivity contribution in [2.24, 2.45) is 5.73 Å². The Morgan fingerprint density at radius 2 is 2.10 bits per heavy atom. The molecule has 0 saturated carbocycles. The van der Waals surface area contributed by atoms with E-state index in [1.165, 1.54) is 0 Å². The molecule has 1 aliphatic heterocycles. The van der Waals surface area contributed by atoms with Gasteiger partial charge in [0.2, 0.25) is 0 Å². The van der Waals surface area contributed by atoms with E-state index in [0.29, 0.717) is 6.54 Å². The van der Waals surface area contributed by atoms with Crippen molar-refractivity contribution in [3.05, 3.63) is 52.5 Å². The first-order valence-corrected chi connectivity index (χ1v) is 6.93. The van der Waals surface area contributed by atoms with Gasteiger partial charge >= 0.3 is 6.03 Å². The third-order valence-electron chi connectivity index (χ3n) is 3.90. The van der Waals surface area contributed by atoms with E-state index in [2.05, 4.69) is 11.4 Å². The Labute approximate surface area is 123 Å². The maximum absolute atomic E-state index is 11.6. The summed E-state index contributed by atoms with van der Waals surface area (Å²) in [5.74, 6) is 1.71. The zero-order valence-corrected chi connectivity index (χ0v) is 12.4. The molecule has 3 rings (SSSR count). The van der Waals surface area contributed by atoms with Crippen molar-refractivity contribution in [3.8, 4) is 0 Å². The molecule has 0 aliphatic carbocycles. The van der Waals surface area contributed by atoms with Crippen LogP contribution in [-0.4, -0.2) is 18.0 Å². The zero-order valence-electron chi connectivity index (χ0n) is 12.4. The standard InChI is InChI=1S/C16H19N3O2/c1-9-6-13(10(2)21-9)15(17)11-4-5-14-12(7-11)8-19(3)16(20)18-14/h4-7,15H,8,17H2,1-3H3,(H,18,20). The van der Waals surface area contributed by atoms with E-state index < -0.39 is 0 Å². The third kappa shape index (κ3) is 2.40. The Morgan fingerprint density at radius 1 is 1.33 bits per heavy atom. The summed E-state index contributed by atoms with van der Waals surface area (Å²) in [6, 6.07) is 7.59. The first-order chi connectivity index (χ1) is 9.95. The van der Waals surface area contributed by atoms with E-state index in [1.54, 1.807) is 11.9 Å². The summed E-state index contributed by atoms with van der Waals surface area (Å²) in [5.41, 5.74) is 10.3. The molecule has 0 saturated heterocycles. The molecule has 0 spiro atoms. The molecule has 1 atom stereocenters. The van der Waals surface area contributed by atoms with Crippen LogP contribution in [0, 0.1) is 13.8 Å². The molecule has 1 aliphatic rings. The summed E-state index contributed by atoms with van der Waals surface area (Å²) in [5, 5.41) is 2.86. The molecular weight excluding hydrogens is 266 g/mol. The summed E-state index contributed by atoms with van der Waals surface area (Å²) in [6.07, 6.45) is 0. The zero-order chi connectivity index (χ0) is 15.1. The van der Waals surface area contributed by atoms with Gasteiger partial charge in [0.15, 0.2) is 0 Å². The molecule has 1 aromatic heterocycles. The SMILES string of the molecule is Cc1cc(C(N)c2ccc3c(c2)CN(C)C(=O)N3)c(C)o1. The molecular formula is C16H19N3O2. The molecule has 0 radical (unpaired) electrons. The second kappa shape index (κ2) is 4.93. The Bertz CT molecular complexity index is 706. The van der Waals surface area contributed by atoms with Gasteiger partial charge in [-0.2, -0.15) is 0 Å². The van der Waals surface area contributed by atoms with E-state index in [4.69, 9.17) is 10.2 Å². The van der Waals surface area contributed by atoms with Crippen molar-refractivity contribution < 1.29 is 9.21 Å². The number of nitrogens with two attached hydrogens (primary N) is 1. The first kappa shape index (κ1) is 13.7. The van der Waals surface area contributed by atoms with Gasteiger partial charge in [0.25, 0.3) is 0 Å². The lowest BCUT2D eigenvalue weighted by molar-refractivity contribution is 0.218. The summed E-state index contributed by atoms with van der Waals surface area (Å²) >= 11 is 0. The van der Waals surface area contributed by atoms with E-state index in [0.717, 1.165) is 33.9 Å². The highest BCUT2D eigenvalue weighted by Gasteiger charge is 2.21. The number of furan rings is 1. The lowest BCUT2D eigenvalue weighted by atomic mass is 9.96. The van der Waals surface area contributed by atoms with Gasteiger partial charge in [-0.25, -0.2) is 4.79 Å². The number of anilines is 1. The van der Waals surface area contributed by atoms with Gasteiger partial charge in [-0.15, -0.1) is 0 Å². The average molecular weight is 285 g/mol. The first-order valence-electron chi connectivity index (χ1n) is 6.93. The summed E-state index contributed by atoms with van der Waals surface area (Å²) in [6.45, 7) is 4.43. The number of amides is 2. The fourth-order valence-electron chi connectivity index (χ4n) is 2.74. The maximum Gasteiger partial charge on any atom is 0.321 e. The van der Waals surface area contributed by atoms with Crippen LogP contribution in [0.15, 0.2) is 28.7 Å². The topological polar surface area (TPSA) is 71.5 Å². The number of benzene rings is 1. The van der Waals surface area contributed by atoms with E-state index in [9.17, 15) is 4.79 Å². The molecule has 21 heavy (non-hydrogen) atoms. The average Bonchev–Trinajstić information content (AvgIpc) is 2.78. The predicted molar refractivity (Wildman–Crippen MR) is 81.1 cm³/mol. The van der Waals surface area contributed by atoms with Crippen molar-refractivity contribution in [2.75, 3.05) is 12.4 Å². The van der Waals surface area contributed by atoms with Gasteiger partial charge in [-0.05, 0) is 37.1 Å². The molecule has 1 unspecified atom stereocenters.